The largest absolute Gasteiger partial charge is 0.382 e. The van der Waals surface area contributed by atoms with E-state index < -0.39 is 0 Å². The van der Waals surface area contributed by atoms with Crippen LogP contribution in [0.1, 0.15) is 70.6 Å². The van der Waals surface area contributed by atoms with Gasteiger partial charge in [0.15, 0.2) is 5.82 Å². The lowest BCUT2D eigenvalue weighted by Gasteiger charge is -2.24. The summed E-state index contributed by atoms with van der Waals surface area (Å²) in [4.78, 5) is 35.1. The summed E-state index contributed by atoms with van der Waals surface area (Å²) in [6, 6.07) is 0. The monoisotopic (exact) mass is 410 g/mol. The second-order valence-electron chi connectivity index (χ2n) is 9.82. The number of aryl methyl sites for hydroxylation is 1. The topological polar surface area (TPSA) is 148 Å². The van der Waals surface area contributed by atoms with Gasteiger partial charge >= 0.3 is 0 Å². The molecule has 2 aliphatic heterocycles. The number of nitrogens with zero attached hydrogens (tertiary/aromatic N) is 5. The molecule has 0 spiro atoms. The number of anilines is 2. The Kier molecular flexibility index (Phi) is 5.26. The third kappa shape index (κ3) is 4.10. The highest BCUT2D eigenvalue weighted by molar-refractivity contribution is 5.84. The summed E-state index contributed by atoms with van der Waals surface area (Å²) in [5, 5.41) is 0. The van der Waals surface area contributed by atoms with E-state index in [1.807, 2.05) is 13.1 Å². The number of aromatic nitrogens is 4. The van der Waals surface area contributed by atoms with Gasteiger partial charge in [-0.15, -0.1) is 0 Å². The van der Waals surface area contributed by atoms with Gasteiger partial charge in [-0.05, 0) is 17.8 Å². The van der Waals surface area contributed by atoms with Gasteiger partial charge in [-0.25, -0.2) is 15.0 Å². The van der Waals surface area contributed by atoms with Crippen molar-refractivity contribution in [3.63, 3.8) is 0 Å². The maximum Gasteiger partial charge on any atom is 0.278 e. The predicted molar refractivity (Wildman–Crippen MR) is 121 cm³/mol. The van der Waals surface area contributed by atoms with E-state index in [9.17, 15) is 4.79 Å². The summed E-state index contributed by atoms with van der Waals surface area (Å²) >= 11 is 0. The van der Waals surface area contributed by atoms with Gasteiger partial charge in [0, 0.05) is 24.3 Å². The molecule has 2 aromatic rings. The van der Waals surface area contributed by atoms with Gasteiger partial charge in [0.2, 0.25) is 5.95 Å². The molecule has 0 saturated heterocycles. The van der Waals surface area contributed by atoms with Crippen molar-refractivity contribution in [1.82, 2.24) is 19.9 Å². The molecule has 0 radical (unpaired) electrons. The maximum absolute atomic E-state index is 11.5. The molecule has 4 rings (SSSR count). The van der Waals surface area contributed by atoms with Crippen molar-refractivity contribution in [3.8, 4) is 0 Å². The minimum absolute atomic E-state index is 0.0119. The Labute approximate surface area is 176 Å². The number of hydrogen-bond donors (Lipinski definition) is 3. The molecule has 5 N–H and O–H groups in total. The van der Waals surface area contributed by atoms with Gasteiger partial charge in [0.1, 0.15) is 17.2 Å². The minimum atomic E-state index is -0.263. The van der Waals surface area contributed by atoms with Crippen molar-refractivity contribution in [1.29, 1.82) is 0 Å². The van der Waals surface area contributed by atoms with Crippen LogP contribution in [0, 0.1) is 17.8 Å². The Balaban J connectivity index is 0.000000171. The van der Waals surface area contributed by atoms with E-state index >= 15 is 0 Å². The van der Waals surface area contributed by atoms with E-state index in [-0.39, 0.29) is 34.2 Å². The van der Waals surface area contributed by atoms with Crippen LogP contribution in [0.25, 0.3) is 0 Å². The molecular weight excluding hydrogens is 380 g/mol. The Morgan fingerprint density at radius 1 is 0.833 bits per heavy atom. The molecule has 2 aromatic heterocycles. The second kappa shape index (κ2) is 7.30. The van der Waals surface area contributed by atoms with Crippen LogP contribution in [0.15, 0.2) is 14.8 Å². The van der Waals surface area contributed by atoms with Crippen LogP contribution in [0.3, 0.4) is 0 Å². The Hall–Kier alpha value is -3.10. The number of fused-ring (bicyclic) bond motifs is 2. The zero-order valence-electron chi connectivity index (χ0n) is 18.6. The van der Waals surface area contributed by atoms with Crippen LogP contribution in [0.5, 0.6) is 0 Å². The molecule has 0 aromatic carbocycles. The number of nitrogens with one attached hydrogen (secondary N) is 1. The van der Waals surface area contributed by atoms with E-state index in [0.29, 0.717) is 23.0 Å². The van der Waals surface area contributed by atoms with Crippen molar-refractivity contribution < 1.29 is 0 Å². The third-order valence-corrected chi connectivity index (χ3v) is 5.15. The van der Waals surface area contributed by atoms with E-state index in [0.717, 1.165) is 11.4 Å². The Morgan fingerprint density at radius 3 is 1.87 bits per heavy atom. The van der Waals surface area contributed by atoms with Gasteiger partial charge in [-0.1, -0.05) is 41.5 Å². The van der Waals surface area contributed by atoms with Gasteiger partial charge < -0.3 is 11.5 Å². The smallest absolute Gasteiger partial charge is 0.278 e. The van der Waals surface area contributed by atoms with Crippen molar-refractivity contribution in [2.45, 2.75) is 60.3 Å². The average Bonchev–Trinajstić information content (AvgIpc) is 3.18. The molecule has 30 heavy (non-hydrogen) atoms. The lowest BCUT2D eigenvalue weighted by atomic mass is 9.80. The number of aliphatic imine (C=N–C) groups is 2. The van der Waals surface area contributed by atoms with Crippen LogP contribution in [0.2, 0.25) is 0 Å². The first-order chi connectivity index (χ1) is 13.8. The fourth-order valence-electron chi connectivity index (χ4n) is 3.51. The predicted octanol–water partition coefficient (Wildman–Crippen LogP) is 3.41. The number of aromatic amines is 1. The molecule has 0 aliphatic carbocycles. The van der Waals surface area contributed by atoms with Gasteiger partial charge in [0.25, 0.3) is 5.56 Å². The lowest BCUT2D eigenvalue weighted by Crippen LogP contribution is -2.21. The van der Waals surface area contributed by atoms with Crippen molar-refractivity contribution in [3.05, 3.63) is 27.6 Å². The van der Waals surface area contributed by atoms with Crippen LogP contribution in [0.4, 0.5) is 23.1 Å². The maximum atomic E-state index is 11.5. The lowest BCUT2D eigenvalue weighted by molar-refractivity contribution is 0.385. The number of H-pyrrole nitrogens is 1. The summed E-state index contributed by atoms with van der Waals surface area (Å²) in [5.74, 6) is 1.64. The summed E-state index contributed by atoms with van der Waals surface area (Å²) in [6.45, 7) is 14.6. The van der Waals surface area contributed by atoms with Crippen molar-refractivity contribution in [2.75, 3.05) is 11.5 Å². The number of nitrogen functional groups attached to an aromatic ring is 2. The van der Waals surface area contributed by atoms with E-state index in [1.165, 1.54) is 0 Å². The summed E-state index contributed by atoms with van der Waals surface area (Å²) in [7, 11) is 0. The van der Waals surface area contributed by atoms with Gasteiger partial charge in [-0.3, -0.25) is 19.8 Å². The molecule has 160 valence electrons. The fourth-order valence-corrected chi connectivity index (χ4v) is 3.51. The van der Waals surface area contributed by atoms with Crippen LogP contribution in [-0.4, -0.2) is 32.4 Å². The second-order valence-corrected chi connectivity index (χ2v) is 9.82. The third-order valence-electron chi connectivity index (χ3n) is 5.15. The molecule has 0 bridgehead atoms. The van der Waals surface area contributed by atoms with Crippen LogP contribution >= 0.6 is 0 Å². The highest BCUT2D eigenvalue weighted by atomic mass is 16.1. The molecule has 0 amide bonds. The first-order valence-electron chi connectivity index (χ1n) is 9.91. The van der Waals surface area contributed by atoms with Crippen molar-refractivity contribution in [2.24, 2.45) is 20.8 Å². The summed E-state index contributed by atoms with van der Waals surface area (Å²) in [6.07, 6.45) is 3.70. The zero-order valence-corrected chi connectivity index (χ0v) is 18.6. The minimum Gasteiger partial charge on any atom is -0.382 e. The molecule has 2 unspecified atom stereocenters. The number of hydrogen-bond acceptors (Lipinski definition) is 8. The Morgan fingerprint density at radius 2 is 1.33 bits per heavy atom. The van der Waals surface area contributed by atoms with Gasteiger partial charge in [-0.2, -0.15) is 0 Å². The number of nitrogens with two attached hydrogens (primary N) is 2. The quantitative estimate of drug-likeness (QED) is 0.606. The van der Waals surface area contributed by atoms with Crippen LogP contribution in [-0.2, 0) is 0 Å². The molecule has 2 aliphatic rings. The molecule has 0 fully saturated rings. The molecule has 9 nitrogen and oxygen atoms in total. The standard InChI is InChI=1S/C11H16N4.C10H14N4O/c1-6-14-8-7(11(2,3)4)5-13-9(8)10(12)15-6;1-10(2,3)5-4-12-7-6(5)13-9(11)14-8(7)15/h5,7H,1-4H3,(H2,12,14,15);4-5H,1-3H3,(H3,11,13,14,15). The molecular formula is C21H30N8O. The van der Waals surface area contributed by atoms with Crippen molar-refractivity contribution >= 4 is 35.6 Å². The zero-order chi connectivity index (χ0) is 22.4. The average molecular weight is 411 g/mol. The molecule has 9 heteroatoms. The molecule has 0 saturated carbocycles. The highest BCUT2D eigenvalue weighted by Gasteiger charge is 2.34. The Bertz CT molecular complexity index is 1090. The molecule has 2 atom stereocenters. The first kappa shape index (κ1) is 21.6. The van der Waals surface area contributed by atoms with E-state index in [2.05, 4.69) is 71.5 Å². The van der Waals surface area contributed by atoms with Crippen LogP contribution < -0.4 is 17.0 Å². The normalized spacial score (nSPS) is 19.3. The van der Waals surface area contributed by atoms with E-state index in [1.54, 1.807) is 6.21 Å². The first-order valence-corrected chi connectivity index (χ1v) is 9.91. The fraction of sp³-hybridized carbons (Fsp3) is 0.524. The summed E-state index contributed by atoms with van der Waals surface area (Å²) in [5.41, 5.74) is 14.0. The van der Waals surface area contributed by atoms with Gasteiger partial charge in [0.05, 0.1) is 11.4 Å². The number of rotatable bonds is 0. The summed E-state index contributed by atoms with van der Waals surface area (Å²) < 4.78 is 0. The highest BCUT2D eigenvalue weighted by Crippen LogP contribution is 2.43. The SMILES string of the molecule is CC(C)(C)C1C=Nc2c1nc(N)[nH]c2=O.Cc1nc(N)c2c(n1)C(C(C)(C)C)C=N2. The molecule has 4 heterocycles. The van der Waals surface area contributed by atoms with E-state index in [4.69, 9.17) is 11.5 Å².